The van der Waals surface area contributed by atoms with Crippen molar-refractivity contribution in [3.05, 3.63) is 21.4 Å². The van der Waals surface area contributed by atoms with Gasteiger partial charge in [0.1, 0.15) is 0 Å². The lowest BCUT2D eigenvalue weighted by atomic mass is 10.1. The van der Waals surface area contributed by atoms with Gasteiger partial charge in [-0.2, -0.15) is 0 Å². The van der Waals surface area contributed by atoms with Crippen molar-refractivity contribution in [3.8, 4) is 0 Å². The van der Waals surface area contributed by atoms with E-state index >= 15 is 0 Å². The molecule has 1 aromatic rings. The molecule has 0 aliphatic rings. The first-order valence-corrected chi connectivity index (χ1v) is 5.78. The molecule has 0 saturated carbocycles. The monoisotopic (exact) mass is 213 g/mol. The van der Waals surface area contributed by atoms with E-state index in [9.17, 15) is 0 Å². The summed E-state index contributed by atoms with van der Waals surface area (Å²) in [6.45, 7) is 8.87. The molecule has 0 amide bonds. The average Bonchev–Trinajstić information content (AvgIpc) is 2.41. The van der Waals surface area contributed by atoms with Crippen molar-refractivity contribution in [1.29, 1.82) is 0 Å². The van der Waals surface area contributed by atoms with E-state index in [0.29, 0.717) is 6.54 Å². The summed E-state index contributed by atoms with van der Waals surface area (Å²) in [5.74, 6) is 0. The third-order valence-electron chi connectivity index (χ3n) is 2.08. The van der Waals surface area contributed by atoms with Crippen LogP contribution in [0.4, 0.5) is 0 Å². The first-order chi connectivity index (χ1) is 6.54. The van der Waals surface area contributed by atoms with Crippen molar-refractivity contribution < 1.29 is 4.74 Å². The van der Waals surface area contributed by atoms with Gasteiger partial charge in [-0.1, -0.05) is 0 Å². The number of rotatable bonds is 4. The van der Waals surface area contributed by atoms with E-state index in [1.54, 1.807) is 11.3 Å². The lowest BCUT2D eigenvalue weighted by Crippen LogP contribution is -2.19. The highest BCUT2D eigenvalue weighted by Crippen LogP contribution is 2.28. The van der Waals surface area contributed by atoms with Crippen LogP contribution in [0.3, 0.4) is 0 Å². The van der Waals surface area contributed by atoms with E-state index in [1.165, 1.54) is 15.3 Å². The second-order valence-electron chi connectivity index (χ2n) is 3.78. The molecule has 0 aromatic carbocycles. The lowest BCUT2D eigenvalue weighted by Gasteiger charge is -2.18. The van der Waals surface area contributed by atoms with Crippen molar-refractivity contribution in [2.24, 2.45) is 5.73 Å². The number of hydrogen-bond acceptors (Lipinski definition) is 3. The summed E-state index contributed by atoms with van der Waals surface area (Å²) in [7, 11) is 0. The fourth-order valence-electron chi connectivity index (χ4n) is 1.55. The summed E-state index contributed by atoms with van der Waals surface area (Å²) in [6, 6.07) is 2.18. The quantitative estimate of drug-likeness (QED) is 0.834. The Bertz CT molecular complexity index is 293. The summed E-state index contributed by atoms with van der Waals surface area (Å²) < 4.78 is 5.76. The van der Waals surface area contributed by atoms with Gasteiger partial charge in [-0.15, -0.1) is 11.3 Å². The van der Waals surface area contributed by atoms with Crippen LogP contribution in [0.5, 0.6) is 0 Å². The Balaban J connectivity index is 2.83. The molecule has 2 nitrogen and oxygen atoms in total. The average molecular weight is 213 g/mol. The van der Waals surface area contributed by atoms with Gasteiger partial charge in [0.15, 0.2) is 0 Å². The molecule has 1 rings (SSSR count). The molecule has 0 aliphatic heterocycles. The van der Waals surface area contributed by atoms with Crippen LogP contribution < -0.4 is 5.73 Å². The van der Waals surface area contributed by atoms with E-state index in [2.05, 4.69) is 19.9 Å². The third kappa shape index (κ3) is 2.80. The molecule has 3 heteroatoms. The van der Waals surface area contributed by atoms with Gasteiger partial charge in [-0.05, 0) is 39.3 Å². The second kappa shape index (κ2) is 4.91. The summed E-state index contributed by atoms with van der Waals surface area (Å²) in [5.41, 5.74) is 6.96. The topological polar surface area (TPSA) is 35.2 Å². The van der Waals surface area contributed by atoms with Crippen molar-refractivity contribution >= 4 is 11.3 Å². The highest BCUT2D eigenvalue weighted by atomic mass is 32.1. The van der Waals surface area contributed by atoms with E-state index in [4.69, 9.17) is 10.5 Å². The maximum absolute atomic E-state index is 5.76. The normalized spacial score (nSPS) is 13.6. The molecule has 0 bridgehead atoms. The van der Waals surface area contributed by atoms with E-state index in [0.717, 1.165) is 0 Å². The zero-order chi connectivity index (χ0) is 10.7. The van der Waals surface area contributed by atoms with Crippen LogP contribution in [0.2, 0.25) is 0 Å². The Labute approximate surface area is 90.1 Å². The maximum atomic E-state index is 5.76. The van der Waals surface area contributed by atoms with E-state index in [1.807, 2.05) is 13.8 Å². The predicted octanol–water partition coefficient (Wildman–Crippen LogP) is 2.79. The molecule has 14 heavy (non-hydrogen) atoms. The van der Waals surface area contributed by atoms with Crippen LogP contribution in [0.15, 0.2) is 6.07 Å². The molecule has 80 valence electrons. The fraction of sp³-hybridized carbons (Fsp3) is 0.636. The molecule has 1 atom stereocenters. The molecular weight excluding hydrogens is 194 g/mol. The van der Waals surface area contributed by atoms with Crippen LogP contribution in [0.25, 0.3) is 0 Å². The standard InChI is InChI=1S/C11H19NOS/c1-7(2)13-11(6-12)10-5-8(3)14-9(10)4/h5,7,11H,6,12H2,1-4H3. The minimum Gasteiger partial charge on any atom is -0.370 e. The minimum absolute atomic E-state index is 0.0555. The molecule has 0 spiro atoms. The summed E-state index contributed by atoms with van der Waals surface area (Å²) in [4.78, 5) is 2.64. The molecule has 0 aliphatic carbocycles. The van der Waals surface area contributed by atoms with E-state index < -0.39 is 0 Å². The Morgan fingerprint density at radius 1 is 1.43 bits per heavy atom. The van der Waals surface area contributed by atoms with Gasteiger partial charge >= 0.3 is 0 Å². The smallest absolute Gasteiger partial charge is 0.0961 e. The lowest BCUT2D eigenvalue weighted by molar-refractivity contribution is 0.0119. The molecule has 0 fully saturated rings. The fourth-order valence-corrected chi connectivity index (χ4v) is 2.53. The first kappa shape index (κ1) is 11.7. The van der Waals surface area contributed by atoms with Gasteiger partial charge < -0.3 is 10.5 Å². The Kier molecular flexibility index (Phi) is 4.11. The zero-order valence-electron chi connectivity index (χ0n) is 9.33. The van der Waals surface area contributed by atoms with Crippen molar-refractivity contribution in [3.63, 3.8) is 0 Å². The van der Waals surface area contributed by atoms with Gasteiger partial charge in [0.05, 0.1) is 12.2 Å². The molecule has 0 saturated heterocycles. The number of ether oxygens (including phenoxy) is 1. The number of aryl methyl sites for hydroxylation is 2. The molecular formula is C11H19NOS. The molecule has 1 unspecified atom stereocenters. The third-order valence-corrected chi connectivity index (χ3v) is 3.06. The number of thiophene rings is 1. The molecule has 0 radical (unpaired) electrons. The molecule has 1 aromatic heterocycles. The second-order valence-corrected chi connectivity index (χ2v) is 5.24. The number of nitrogens with two attached hydrogens (primary N) is 1. The van der Waals surface area contributed by atoms with Crippen LogP contribution >= 0.6 is 11.3 Å². The maximum Gasteiger partial charge on any atom is 0.0961 e. The van der Waals surface area contributed by atoms with Crippen molar-refractivity contribution in [2.45, 2.75) is 39.9 Å². The zero-order valence-corrected chi connectivity index (χ0v) is 10.1. The van der Waals surface area contributed by atoms with Crippen LogP contribution in [-0.4, -0.2) is 12.6 Å². The van der Waals surface area contributed by atoms with Crippen molar-refractivity contribution in [1.82, 2.24) is 0 Å². The van der Waals surface area contributed by atoms with Gasteiger partial charge in [-0.3, -0.25) is 0 Å². The van der Waals surface area contributed by atoms with Crippen LogP contribution in [-0.2, 0) is 4.74 Å². The van der Waals surface area contributed by atoms with E-state index in [-0.39, 0.29) is 12.2 Å². The summed E-state index contributed by atoms with van der Waals surface area (Å²) >= 11 is 1.80. The van der Waals surface area contributed by atoms with Crippen LogP contribution in [0, 0.1) is 13.8 Å². The first-order valence-electron chi connectivity index (χ1n) is 4.97. The number of hydrogen-bond donors (Lipinski definition) is 1. The summed E-state index contributed by atoms with van der Waals surface area (Å²) in [5, 5.41) is 0. The highest BCUT2D eigenvalue weighted by molar-refractivity contribution is 7.12. The Hall–Kier alpha value is -0.380. The SMILES string of the molecule is Cc1cc(C(CN)OC(C)C)c(C)s1. The minimum atomic E-state index is 0.0555. The molecule has 1 heterocycles. The highest BCUT2D eigenvalue weighted by Gasteiger charge is 2.16. The van der Waals surface area contributed by atoms with Gasteiger partial charge in [0.25, 0.3) is 0 Å². The predicted molar refractivity (Wildman–Crippen MR) is 61.8 cm³/mol. The summed E-state index contributed by atoms with van der Waals surface area (Å²) in [6.07, 6.45) is 0.281. The van der Waals surface area contributed by atoms with Crippen molar-refractivity contribution in [2.75, 3.05) is 6.54 Å². The Morgan fingerprint density at radius 2 is 2.07 bits per heavy atom. The van der Waals surface area contributed by atoms with Gasteiger partial charge in [-0.25, -0.2) is 0 Å². The van der Waals surface area contributed by atoms with Crippen LogP contribution in [0.1, 0.15) is 35.3 Å². The Morgan fingerprint density at radius 3 is 2.43 bits per heavy atom. The largest absolute Gasteiger partial charge is 0.370 e. The molecule has 2 N–H and O–H groups in total. The van der Waals surface area contributed by atoms with Gasteiger partial charge in [0, 0.05) is 16.3 Å². The van der Waals surface area contributed by atoms with Gasteiger partial charge in [0.2, 0.25) is 0 Å².